The number of alkyl halides is 3. The lowest BCUT2D eigenvalue weighted by molar-refractivity contribution is -0.137. The van der Waals surface area contributed by atoms with Crippen LogP contribution < -0.4 is 5.36 Å². The van der Waals surface area contributed by atoms with Crippen molar-refractivity contribution < 1.29 is 26.7 Å². The Morgan fingerprint density at radius 1 is 0.875 bits per heavy atom. The second-order valence-corrected chi connectivity index (χ2v) is 12.2. The summed E-state index contributed by atoms with van der Waals surface area (Å²) in [6, 6.07) is 18.4. The summed E-state index contributed by atoms with van der Waals surface area (Å²) < 4.78 is 69.5. The van der Waals surface area contributed by atoms with Gasteiger partial charge in [-0.05, 0) is 97.3 Å². The Morgan fingerprint density at radius 3 is 2.19 bits per heavy atom. The summed E-state index contributed by atoms with van der Waals surface area (Å²) in [6.45, 7) is 7.41. The van der Waals surface area contributed by atoms with Gasteiger partial charge in [0.2, 0.25) is 5.91 Å². The summed E-state index contributed by atoms with van der Waals surface area (Å²) in [5.74, 6) is -1.87. The number of carbonyl (C=O) groups is 1. The highest BCUT2D eigenvalue weighted by Crippen LogP contribution is 2.31. The molecule has 0 bridgehead atoms. The van der Waals surface area contributed by atoms with Gasteiger partial charge in [0, 0.05) is 31.0 Å². The van der Waals surface area contributed by atoms with E-state index in [-0.39, 0.29) is 24.4 Å². The van der Waals surface area contributed by atoms with Crippen molar-refractivity contribution >= 4 is 5.91 Å². The average molecular weight is 665 g/mol. The highest BCUT2D eigenvalue weighted by molar-refractivity contribution is 5.76. The zero-order chi connectivity index (χ0) is 34.4. The van der Waals surface area contributed by atoms with Gasteiger partial charge in [-0.25, -0.2) is 8.78 Å². The molecule has 0 radical (unpaired) electrons. The maximum absolute atomic E-state index is 14.5. The van der Waals surface area contributed by atoms with Crippen LogP contribution in [0.3, 0.4) is 0 Å². The van der Waals surface area contributed by atoms with Crippen molar-refractivity contribution in [2.75, 3.05) is 26.2 Å². The van der Waals surface area contributed by atoms with E-state index < -0.39 is 23.4 Å². The number of benzene rings is 3. The van der Waals surface area contributed by atoms with Gasteiger partial charge in [0.25, 0.3) is 0 Å². The van der Waals surface area contributed by atoms with E-state index in [2.05, 4.69) is 18.7 Å². The van der Waals surface area contributed by atoms with Gasteiger partial charge in [0.15, 0.2) is 11.6 Å². The predicted molar refractivity (Wildman–Crippen MR) is 176 cm³/mol. The average Bonchev–Trinajstić information content (AvgIpc) is 3.58. The van der Waals surface area contributed by atoms with Crippen LogP contribution in [0.5, 0.6) is 0 Å². The molecule has 1 aromatic heterocycles. The molecule has 1 aliphatic rings. The summed E-state index contributed by atoms with van der Waals surface area (Å²) in [5, 5.41) is 9.05. The fourth-order valence-electron chi connectivity index (χ4n) is 6.43. The first-order valence-electron chi connectivity index (χ1n) is 16.5. The number of aromatic nitrogens is 1. The highest BCUT2D eigenvalue weighted by atomic mass is 19.4. The van der Waals surface area contributed by atoms with E-state index in [1.165, 1.54) is 18.2 Å². The number of hydrogen-bond acceptors (Lipinski definition) is 3. The van der Waals surface area contributed by atoms with Crippen molar-refractivity contribution in [3.05, 3.63) is 123 Å². The first kappa shape index (κ1) is 35.0. The van der Waals surface area contributed by atoms with Crippen molar-refractivity contribution in [1.29, 1.82) is 5.41 Å². The lowest BCUT2D eigenvalue weighted by atomic mass is 10.0. The van der Waals surface area contributed by atoms with Crippen LogP contribution in [0.15, 0.2) is 72.8 Å². The molecule has 0 unspecified atom stereocenters. The van der Waals surface area contributed by atoms with Crippen LogP contribution in [0.2, 0.25) is 0 Å². The van der Waals surface area contributed by atoms with E-state index in [4.69, 9.17) is 5.41 Å². The molecule has 48 heavy (non-hydrogen) atoms. The predicted octanol–water partition coefficient (Wildman–Crippen LogP) is 7.58. The summed E-state index contributed by atoms with van der Waals surface area (Å²) >= 11 is 0. The van der Waals surface area contributed by atoms with Crippen molar-refractivity contribution in [3.8, 4) is 11.1 Å². The lowest BCUT2D eigenvalue weighted by Crippen LogP contribution is -2.40. The van der Waals surface area contributed by atoms with Crippen molar-refractivity contribution in [3.63, 3.8) is 0 Å². The van der Waals surface area contributed by atoms with E-state index in [0.29, 0.717) is 37.0 Å². The molecular weight excluding hydrogens is 623 g/mol. The van der Waals surface area contributed by atoms with Crippen LogP contribution in [0.1, 0.15) is 53.9 Å². The number of hydrogen-bond donors (Lipinski definition) is 1. The zero-order valence-electron chi connectivity index (χ0n) is 27.3. The molecule has 0 aliphatic heterocycles. The quantitative estimate of drug-likeness (QED) is 0.150. The number of rotatable bonds is 13. The molecule has 1 aliphatic carbocycles. The number of nitrogens with one attached hydrogen (secondary N) is 1. The molecule has 0 spiro atoms. The minimum Gasteiger partial charge on any atom is -0.339 e. The Hall–Kier alpha value is -4.31. The Labute approximate surface area is 278 Å². The number of nitrogens with zero attached hydrogens (tertiary/aromatic N) is 3. The number of carbonyl (C=O) groups excluding carboxylic acids is 1. The normalized spacial score (nSPS) is 12.8. The molecule has 254 valence electrons. The first-order valence-corrected chi connectivity index (χ1v) is 16.5. The van der Waals surface area contributed by atoms with Crippen LogP contribution in [-0.4, -0.2) is 46.5 Å². The van der Waals surface area contributed by atoms with Crippen LogP contribution in [0.25, 0.3) is 11.1 Å². The molecule has 0 saturated heterocycles. The Kier molecular flexibility index (Phi) is 11.1. The van der Waals surface area contributed by atoms with Crippen LogP contribution in [0.4, 0.5) is 22.0 Å². The third-order valence-corrected chi connectivity index (χ3v) is 9.28. The maximum Gasteiger partial charge on any atom is 0.416 e. The highest BCUT2D eigenvalue weighted by Gasteiger charge is 2.30. The molecule has 5 rings (SSSR count). The van der Waals surface area contributed by atoms with Gasteiger partial charge < -0.3 is 19.8 Å². The molecule has 0 saturated carbocycles. The number of halogens is 5. The molecule has 1 amide bonds. The second kappa shape index (κ2) is 15.3. The van der Waals surface area contributed by atoms with Gasteiger partial charge >= 0.3 is 6.18 Å². The molecule has 0 atom stereocenters. The Morgan fingerprint density at radius 2 is 1.54 bits per heavy atom. The molecule has 5 nitrogen and oxygen atoms in total. The summed E-state index contributed by atoms with van der Waals surface area (Å²) in [6.07, 6.45) is -1.44. The fraction of sp³-hybridized carbons (Fsp3) is 0.368. The molecule has 1 heterocycles. The minimum absolute atomic E-state index is 0.0610. The Bertz CT molecular complexity index is 1780. The third kappa shape index (κ3) is 8.21. The molecule has 0 fully saturated rings. The van der Waals surface area contributed by atoms with Crippen LogP contribution >= 0.6 is 0 Å². The topological polar surface area (TPSA) is 52.3 Å². The second-order valence-electron chi connectivity index (χ2n) is 12.2. The number of pyridine rings is 1. The molecule has 4 aromatic rings. The summed E-state index contributed by atoms with van der Waals surface area (Å²) in [7, 11) is 0. The van der Waals surface area contributed by atoms with E-state index in [1.807, 2.05) is 33.7 Å². The van der Waals surface area contributed by atoms with Gasteiger partial charge in [-0.15, -0.1) is 0 Å². The standard InChI is InChI=1S/C38H41F5N4O/c1-3-45(4-2)21-22-46(24-26-11-13-27(14-12-26)28-15-18-30(19-16-28)38(41,42)43)36(48)25-47-31(23-34(44)32-8-6-10-35(32)47)20-17-29-7-5-9-33(39)37(29)40/h5,7,9,11-16,18-19,23,44H,3-4,6,8,10,17,20-22,24-25H2,1-2H3. The van der Waals surface area contributed by atoms with Crippen molar-refractivity contribution in [2.45, 2.75) is 65.2 Å². The van der Waals surface area contributed by atoms with Gasteiger partial charge in [-0.2, -0.15) is 13.2 Å². The van der Waals surface area contributed by atoms with E-state index in [1.54, 1.807) is 12.1 Å². The largest absolute Gasteiger partial charge is 0.416 e. The van der Waals surface area contributed by atoms with Gasteiger partial charge in [0.05, 0.1) is 10.9 Å². The van der Waals surface area contributed by atoms with E-state index >= 15 is 0 Å². The third-order valence-electron chi connectivity index (χ3n) is 9.28. The molecule has 1 N–H and O–H groups in total. The number of fused-ring (bicyclic) bond motifs is 1. The summed E-state index contributed by atoms with van der Waals surface area (Å²) in [4.78, 5) is 18.2. The SMILES string of the molecule is CCN(CC)CCN(Cc1ccc(-c2ccc(C(F)(F)F)cc2)cc1)C(=O)Cn1c(CCc2cccc(F)c2F)cc(=N)c2c1CCC2. The fourth-order valence-corrected chi connectivity index (χ4v) is 6.43. The van der Waals surface area contributed by atoms with Crippen LogP contribution in [-0.2, 0) is 49.7 Å². The van der Waals surface area contributed by atoms with Crippen molar-refractivity contribution in [2.24, 2.45) is 0 Å². The van der Waals surface area contributed by atoms with Crippen molar-refractivity contribution in [1.82, 2.24) is 14.4 Å². The number of likely N-dealkylation sites (N-methyl/N-ethyl adjacent to an activating group) is 1. The zero-order valence-corrected chi connectivity index (χ0v) is 27.3. The van der Waals surface area contributed by atoms with Gasteiger partial charge in [-0.3, -0.25) is 4.79 Å². The van der Waals surface area contributed by atoms with E-state index in [9.17, 15) is 26.7 Å². The van der Waals surface area contributed by atoms with Crippen LogP contribution in [0, 0.1) is 17.0 Å². The van der Waals surface area contributed by atoms with Gasteiger partial charge in [-0.1, -0.05) is 62.4 Å². The molecule has 3 aromatic carbocycles. The molecule has 10 heteroatoms. The van der Waals surface area contributed by atoms with E-state index in [0.717, 1.165) is 78.6 Å². The smallest absolute Gasteiger partial charge is 0.339 e. The summed E-state index contributed by atoms with van der Waals surface area (Å²) in [5.41, 5.74) is 4.50. The number of aryl methyl sites for hydroxylation is 2. The monoisotopic (exact) mass is 664 g/mol. The molecular formula is C38H41F5N4O. The Balaban J connectivity index is 1.39. The maximum atomic E-state index is 14.5. The first-order chi connectivity index (χ1) is 23.0. The minimum atomic E-state index is -4.40. The number of amides is 1. The van der Waals surface area contributed by atoms with Gasteiger partial charge in [0.1, 0.15) is 6.54 Å². The lowest BCUT2D eigenvalue weighted by Gasteiger charge is -2.28.